The lowest BCUT2D eigenvalue weighted by molar-refractivity contribution is -0.139. The smallest absolute Gasteiger partial charge is 0.295 e. The van der Waals surface area contributed by atoms with E-state index in [2.05, 4.69) is 0 Å². The molecule has 0 bridgehead atoms. The highest BCUT2D eigenvalue weighted by Crippen LogP contribution is 2.43. The lowest BCUT2D eigenvalue weighted by Gasteiger charge is -2.26. The second kappa shape index (κ2) is 11.7. The maximum atomic E-state index is 13.5. The van der Waals surface area contributed by atoms with Gasteiger partial charge in [0.1, 0.15) is 17.3 Å². The van der Waals surface area contributed by atoms with Gasteiger partial charge in [-0.15, -0.1) is 0 Å². The van der Waals surface area contributed by atoms with E-state index < -0.39 is 17.7 Å². The molecule has 1 fully saturated rings. The first kappa shape index (κ1) is 27.9. The second-order valence-corrected chi connectivity index (χ2v) is 9.44. The summed E-state index contributed by atoms with van der Waals surface area (Å²) in [6, 6.07) is 15.2. The van der Waals surface area contributed by atoms with Crippen LogP contribution in [-0.2, 0) is 16.0 Å². The van der Waals surface area contributed by atoms with Crippen LogP contribution in [0, 0.1) is 6.92 Å². The van der Waals surface area contributed by atoms with Gasteiger partial charge in [-0.25, -0.2) is 0 Å². The number of halogens is 1. The molecule has 4 rings (SSSR count). The summed E-state index contributed by atoms with van der Waals surface area (Å²) in [5, 5.41) is 11.7. The van der Waals surface area contributed by atoms with Crippen LogP contribution in [0.3, 0.4) is 0 Å². The molecule has 3 aromatic rings. The van der Waals surface area contributed by atoms with Gasteiger partial charge in [-0.3, -0.25) is 9.59 Å². The van der Waals surface area contributed by atoms with E-state index in [4.69, 9.17) is 30.5 Å². The van der Waals surface area contributed by atoms with E-state index in [1.54, 1.807) is 20.3 Å². The summed E-state index contributed by atoms with van der Waals surface area (Å²) in [6.45, 7) is 2.14. The van der Waals surface area contributed by atoms with Crippen LogP contribution in [0.4, 0.5) is 0 Å². The highest BCUT2D eigenvalue weighted by atomic mass is 35.5. The lowest BCUT2D eigenvalue weighted by atomic mass is 9.94. The Bertz CT molecular complexity index is 1450. The van der Waals surface area contributed by atoms with Crippen molar-refractivity contribution in [3.05, 3.63) is 87.4 Å². The molecule has 204 valence electrons. The minimum absolute atomic E-state index is 0.0440. The molecule has 1 aliphatic heterocycles. The van der Waals surface area contributed by atoms with Crippen molar-refractivity contribution >= 4 is 29.1 Å². The average molecular weight is 552 g/mol. The van der Waals surface area contributed by atoms with Crippen molar-refractivity contribution in [2.75, 3.05) is 35.0 Å². The first-order valence-corrected chi connectivity index (χ1v) is 12.6. The Kier molecular flexibility index (Phi) is 8.35. The number of ether oxygens (including phenoxy) is 4. The number of methoxy groups -OCH3 is 4. The van der Waals surface area contributed by atoms with E-state index in [0.29, 0.717) is 29.2 Å². The molecule has 3 aromatic carbocycles. The number of aryl methyl sites for hydroxylation is 1. The van der Waals surface area contributed by atoms with Crippen molar-refractivity contribution in [1.82, 2.24) is 4.90 Å². The number of aliphatic hydroxyl groups is 1. The quantitative estimate of drug-likeness (QED) is 0.218. The van der Waals surface area contributed by atoms with Crippen molar-refractivity contribution in [3.8, 4) is 23.0 Å². The van der Waals surface area contributed by atoms with Crippen molar-refractivity contribution in [3.63, 3.8) is 0 Å². The molecule has 1 saturated heterocycles. The Morgan fingerprint density at radius 2 is 1.56 bits per heavy atom. The number of rotatable bonds is 9. The normalized spacial score (nSPS) is 16.4. The number of amides is 1. The van der Waals surface area contributed by atoms with Gasteiger partial charge >= 0.3 is 0 Å². The summed E-state index contributed by atoms with van der Waals surface area (Å²) >= 11 is 6.35. The Morgan fingerprint density at radius 3 is 2.21 bits per heavy atom. The Morgan fingerprint density at radius 1 is 0.872 bits per heavy atom. The first-order valence-electron chi connectivity index (χ1n) is 12.2. The third-order valence-electron chi connectivity index (χ3n) is 6.72. The van der Waals surface area contributed by atoms with E-state index in [0.717, 1.165) is 11.1 Å². The van der Waals surface area contributed by atoms with Gasteiger partial charge in [-0.1, -0.05) is 47.5 Å². The molecule has 8 nitrogen and oxygen atoms in total. The molecule has 0 aromatic heterocycles. The fourth-order valence-corrected chi connectivity index (χ4v) is 5.01. The fourth-order valence-electron chi connectivity index (χ4n) is 4.77. The summed E-state index contributed by atoms with van der Waals surface area (Å²) in [4.78, 5) is 28.3. The van der Waals surface area contributed by atoms with Gasteiger partial charge in [0, 0.05) is 12.6 Å². The molecule has 1 unspecified atom stereocenters. The predicted molar refractivity (Wildman–Crippen MR) is 148 cm³/mol. The molecule has 1 N–H and O–H groups in total. The zero-order valence-electron chi connectivity index (χ0n) is 22.4. The van der Waals surface area contributed by atoms with Crippen molar-refractivity contribution in [2.24, 2.45) is 0 Å². The molecule has 1 amide bonds. The molecule has 9 heteroatoms. The molecular weight excluding hydrogens is 522 g/mol. The first-order chi connectivity index (χ1) is 18.7. The third-order valence-corrected chi connectivity index (χ3v) is 7.01. The number of aliphatic hydroxyl groups excluding tert-OH is 1. The number of Topliss-reactive ketones (excluding diaryl/α,β-unsaturated/α-hetero) is 1. The van der Waals surface area contributed by atoms with Crippen molar-refractivity contribution in [2.45, 2.75) is 19.4 Å². The highest BCUT2D eigenvalue weighted by Gasteiger charge is 2.46. The van der Waals surface area contributed by atoms with Gasteiger partial charge in [0.25, 0.3) is 11.7 Å². The number of benzene rings is 3. The highest BCUT2D eigenvalue weighted by molar-refractivity contribution is 6.46. The third kappa shape index (κ3) is 5.38. The van der Waals surface area contributed by atoms with Crippen LogP contribution in [0.1, 0.15) is 28.3 Å². The number of hydrogen-bond acceptors (Lipinski definition) is 7. The van der Waals surface area contributed by atoms with E-state index in [-0.39, 0.29) is 34.2 Å². The van der Waals surface area contributed by atoms with Crippen LogP contribution >= 0.6 is 11.6 Å². The minimum atomic E-state index is -0.823. The molecule has 1 heterocycles. The Labute approximate surface area is 232 Å². The number of carbonyl (C=O) groups is 2. The van der Waals surface area contributed by atoms with Crippen LogP contribution < -0.4 is 18.9 Å². The van der Waals surface area contributed by atoms with Gasteiger partial charge in [0.2, 0.25) is 0 Å². The van der Waals surface area contributed by atoms with Crippen molar-refractivity contribution in [1.29, 1.82) is 0 Å². The van der Waals surface area contributed by atoms with E-state index in [1.807, 2.05) is 43.3 Å². The zero-order valence-corrected chi connectivity index (χ0v) is 23.2. The monoisotopic (exact) mass is 551 g/mol. The average Bonchev–Trinajstić information content (AvgIpc) is 3.20. The van der Waals surface area contributed by atoms with E-state index in [9.17, 15) is 14.7 Å². The van der Waals surface area contributed by atoms with Crippen LogP contribution in [0.25, 0.3) is 5.76 Å². The standard InChI is InChI=1S/C30H30ClNO7/c1-17-7-6-8-19(13-17)27-26(28(33)20-15-21(31)24(38-4)16-23(20)37-3)29(34)30(35)32(27)12-11-18-9-10-22(36-2)25(14-18)39-5/h6-10,13-16,27,33H,11-12H2,1-5H3/b28-26+. The summed E-state index contributed by atoms with van der Waals surface area (Å²) < 4.78 is 21.4. The predicted octanol–water partition coefficient (Wildman–Crippen LogP) is 5.35. The molecule has 0 aliphatic carbocycles. The number of nitrogens with zero attached hydrogens (tertiary/aromatic N) is 1. The van der Waals surface area contributed by atoms with Gasteiger partial charge in [0.05, 0.1) is 50.6 Å². The van der Waals surface area contributed by atoms with E-state index in [1.165, 1.54) is 31.3 Å². The number of hydrogen-bond donors (Lipinski definition) is 1. The number of likely N-dealkylation sites (tertiary alicyclic amines) is 1. The van der Waals surface area contributed by atoms with Gasteiger partial charge in [0.15, 0.2) is 11.5 Å². The molecule has 0 radical (unpaired) electrons. The van der Waals surface area contributed by atoms with Crippen LogP contribution in [0.5, 0.6) is 23.0 Å². The molecule has 1 aliphatic rings. The summed E-state index contributed by atoms with van der Waals surface area (Å²) in [5.74, 6) is -0.134. The lowest BCUT2D eigenvalue weighted by Crippen LogP contribution is -2.31. The van der Waals surface area contributed by atoms with E-state index >= 15 is 0 Å². The van der Waals surface area contributed by atoms with Gasteiger partial charge in [-0.2, -0.15) is 0 Å². The largest absolute Gasteiger partial charge is 0.507 e. The van der Waals surface area contributed by atoms with Crippen LogP contribution in [0.15, 0.2) is 60.2 Å². The Hall–Kier alpha value is -4.17. The van der Waals surface area contributed by atoms with Gasteiger partial charge < -0.3 is 29.0 Å². The van der Waals surface area contributed by atoms with Crippen LogP contribution in [0.2, 0.25) is 5.02 Å². The molecule has 39 heavy (non-hydrogen) atoms. The zero-order chi connectivity index (χ0) is 28.3. The summed E-state index contributed by atoms with van der Waals surface area (Å²) in [5.41, 5.74) is 2.67. The molecular formula is C30H30ClNO7. The summed E-state index contributed by atoms with van der Waals surface area (Å²) in [7, 11) is 6.00. The minimum Gasteiger partial charge on any atom is -0.507 e. The number of ketones is 1. The topological polar surface area (TPSA) is 94.5 Å². The van der Waals surface area contributed by atoms with Crippen LogP contribution in [-0.4, -0.2) is 56.7 Å². The maximum Gasteiger partial charge on any atom is 0.295 e. The molecule has 1 atom stereocenters. The fraction of sp³-hybridized carbons (Fsp3) is 0.267. The molecule has 0 spiro atoms. The number of carbonyl (C=O) groups excluding carboxylic acids is 2. The second-order valence-electron chi connectivity index (χ2n) is 9.03. The molecule has 0 saturated carbocycles. The van der Waals surface area contributed by atoms with Crippen molar-refractivity contribution < 1.29 is 33.6 Å². The summed E-state index contributed by atoms with van der Waals surface area (Å²) in [6.07, 6.45) is 0.438. The van der Waals surface area contributed by atoms with Gasteiger partial charge in [-0.05, 0) is 42.7 Å². The SMILES string of the molecule is COc1cc(OC)c(/C(O)=C2\C(=O)C(=O)N(CCc3ccc(OC)c(OC)c3)C2c2cccc(C)c2)cc1Cl. The Balaban J connectivity index is 1.81. The maximum absolute atomic E-state index is 13.5.